The fraction of sp³-hybridized carbons (Fsp3) is 1.00. The Labute approximate surface area is 79.3 Å². The van der Waals surface area contributed by atoms with Gasteiger partial charge in [-0.1, -0.05) is 13.8 Å². The lowest BCUT2D eigenvalue weighted by Gasteiger charge is -2.12. The van der Waals surface area contributed by atoms with E-state index in [1.807, 2.05) is 5.32 Å². The first kappa shape index (κ1) is 10.9. The van der Waals surface area contributed by atoms with Gasteiger partial charge < -0.3 is 10.4 Å². The maximum atomic E-state index is 11.1. The fourth-order valence-electron chi connectivity index (χ4n) is 1.53. The van der Waals surface area contributed by atoms with E-state index in [2.05, 4.69) is 13.8 Å². The van der Waals surface area contributed by atoms with E-state index in [1.165, 1.54) is 0 Å². The fourth-order valence-corrected chi connectivity index (χ4v) is 3.38. The van der Waals surface area contributed by atoms with Crippen LogP contribution in [0.2, 0.25) is 0 Å². The minimum Gasteiger partial charge on any atom is -0.386 e. The molecule has 0 bridgehead atoms. The van der Waals surface area contributed by atoms with Crippen molar-refractivity contribution < 1.29 is 18.8 Å². The number of aliphatic hydroxyl groups excluding tert-OH is 1. The Hall–Kier alpha value is -0.130. The Bertz CT molecular complexity index is 261. The molecule has 13 heavy (non-hydrogen) atoms. The smallest absolute Gasteiger partial charge is 0.159 e. The molecule has 0 aliphatic carbocycles. The summed E-state index contributed by atoms with van der Waals surface area (Å²) in [7, 11) is -2.97. The molecular weight excluding hydrogens is 190 g/mol. The van der Waals surface area contributed by atoms with Crippen molar-refractivity contribution in [2.45, 2.75) is 26.0 Å². The number of nitrogens with two attached hydrogens (primary N) is 1. The maximum Gasteiger partial charge on any atom is 0.159 e. The second-order valence-corrected chi connectivity index (χ2v) is 6.33. The molecule has 0 amide bonds. The number of hydrogen-bond acceptors (Lipinski definition) is 3. The first-order valence-electron chi connectivity index (χ1n) is 4.62. The monoisotopic (exact) mass is 208 g/mol. The summed E-state index contributed by atoms with van der Waals surface area (Å²) < 4.78 is 22.2. The van der Waals surface area contributed by atoms with Crippen molar-refractivity contribution in [1.29, 1.82) is 0 Å². The summed E-state index contributed by atoms with van der Waals surface area (Å²) in [5, 5.41) is 11.4. The van der Waals surface area contributed by atoms with E-state index in [9.17, 15) is 13.5 Å². The van der Waals surface area contributed by atoms with Crippen LogP contribution in [0.3, 0.4) is 0 Å². The summed E-state index contributed by atoms with van der Waals surface area (Å²) in [5.74, 6) is 0.586. The number of quaternary nitrogens is 1. The quantitative estimate of drug-likeness (QED) is 0.584. The zero-order valence-corrected chi connectivity index (χ0v) is 8.92. The van der Waals surface area contributed by atoms with Crippen molar-refractivity contribution in [2.24, 2.45) is 5.92 Å². The van der Waals surface area contributed by atoms with E-state index in [1.54, 1.807) is 0 Å². The Morgan fingerprint density at radius 3 is 2.46 bits per heavy atom. The molecule has 5 heteroatoms. The summed E-state index contributed by atoms with van der Waals surface area (Å²) >= 11 is 0. The van der Waals surface area contributed by atoms with Gasteiger partial charge in [0.05, 0.1) is 12.3 Å². The molecule has 0 radical (unpaired) electrons. The van der Waals surface area contributed by atoms with E-state index in [-0.39, 0.29) is 17.5 Å². The Balaban J connectivity index is 2.44. The van der Waals surface area contributed by atoms with Gasteiger partial charge in [-0.25, -0.2) is 8.42 Å². The molecule has 0 spiro atoms. The highest BCUT2D eigenvalue weighted by Crippen LogP contribution is 2.09. The first-order valence-corrected chi connectivity index (χ1v) is 6.44. The van der Waals surface area contributed by atoms with Crippen LogP contribution in [0, 0.1) is 5.92 Å². The summed E-state index contributed by atoms with van der Waals surface area (Å²) in [6, 6.07) is -0.146. The Kier molecular flexibility index (Phi) is 3.32. The van der Waals surface area contributed by atoms with E-state index < -0.39 is 15.9 Å². The van der Waals surface area contributed by atoms with E-state index in [4.69, 9.17) is 0 Å². The van der Waals surface area contributed by atoms with Gasteiger partial charge in [-0.2, -0.15) is 0 Å². The molecule has 0 aromatic rings. The molecule has 0 saturated carbocycles. The Morgan fingerprint density at radius 1 is 1.46 bits per heavy atom. The van der Waals surface area contributed by atoms with E-state index in [0.717, 1.165) is 6.54 Å². The van der Waals surface area contributed by atoms with Crippen LogP contribution in [0.4, 0.5) is 0 Å². The second kappa shape index (κ2) is 3.94. The zero-order chi connectivity index (χ0) is 10.1. The van der Waals surface area contributed by atoms with Gasteiger partial charge in [0.2, 0.25) is 0 Å². The van der Waals surface area contributed by atoms with Gasteiger partial charge >= 0.3 is 0 Å². The molecule has 78 valence electrons. The van der Waals surface area contributed by atoms with Gasteiger partial charge in [0.25, 0.3) is 0 Å². The van der Waals surface area contributed by atoms with Gasteiger partial charge in [0, 0.05) is 5.92 Å². The predicted molar refractivity (Wildman–Crippen MR) is 50.1 cm³/mol. The van der Waals surface area contributed by atoms with Crippen LogP contribution in [0.5, 0.6) is 0 Å². The van der Waals surface area contributed by atoms with Crippen molar-refractivity contribution in [3.63, 3.8) is 0 Å². The van der Waals surface area contributed by atoms with Crippen LogP contribution in [0.25, 0.3) is 0 Å². The van der Waals surface area contributed by atoms with Gasteiger partial charge in [-0.05, 0) is 0 Å². The van der Waals surface area contributed by atoms with Crippen LogP contribution in [-0.4, -0.2) is 43.7 Å². The molecule has 0 unspecified atom stereocenters. The minimum atomic E-state index is -2.97. The number of rotatable bonds is 3. The second-order valence-electron chi connectivity index (χ2n) is 4.17. The third-order valence-corrected chi connectivity index (χ3v) is 4.02. The summed E-state index contributed by atoms with van der Waals surface area (Å²) in [6.07, 6.45) is -0.677. The largest absolute Gasteiger partial charge is 0.386 e. The summed E-state index contributed by atoms with van der Waals surface area (Å²) in [6.45, 7) is 5.02. The lowest BCUT2D eigenvalue weighted by molar-refractivity contribution is -0.694. The minimum absolute atomic E-state index is 0.0632. The summed E-state index contributed by atoms with van der Waals surface area (Å²) in [5.41, 5.74) is 0. The zero-order valence-electron chi connectivity index (χ0n) is 8.10. The normalized spacial score (nSPS) is 32.6. The maximum absolute atomic E-state index is 11.1. The van der Waals surface area contributed by atoms with Gasteiger partial charge in [0.15, 0.2) is 9.84 Å². The molecule has 1 heterocycles. The third-order valence-electron chi connectivity index (χ3n) is 2.28. The molecule has 4 nitrogen and oxygen atoms in total. The molecule has 1 aliphatic rings. The summed E-state index contributed by atoms with van der Waals surface area (Å²) in [4.78, 5) is 0. The standard InChI is InChI=1S/C8H17NO3S/c1-6(2)3-9-7-4-13(11,12)5-8(7)10/h6-10H,3-5H2,1-2H3/p+1/t7-,8+/m0/s1. The molecule has 3 N–H and O–H groups in total. The first-order chi connectivity index (χ1) is 5.91. The molecule has 1 saturated heterocycles. The molecule has 1 fully saturated rings. The van der Waals surface area contributed by atoms with E-state index in [0.29, 0.717) is 5.92 Å². The molecule has 0 aromatic heterocycles. The SMILES string of the molecule is CC(C)C[NH2+][C@H]1CS(=O)(=O)C[C@H]1O. The van der Waals surface area contributed by atoms with Crippen LogP contribution < -0.4 is 5.32 Å². The lowest BCUT2D eigenvalue weighted by Crippen LogP contribution is -2.93. The van der Waals surface area contributed by atoms with E-state index >= 15 is 0 Å². The number of hydrogen-bond donors (Lipinski definition) is 2. The number of aliphatic hydroxyl groups is 1. The highest BCUT2D eigenvalue weighted by molar-refractivity contribution is 7.91. The topological polar surface area (TPSA) is 71.0 Å². The predicted octanol–water partition coefficient (Wildman–Crippen LogP) is -1.64. The lowest BCUT2D eigenvalue weighted by atomic mass is 10.1. The van der Waals surface area contributed by atoms with Gasteiger partial charge in [0.1, 0.15) is 17.9 Å². The number of sulfone groups is 1. The van der Waals surface area contributed by atoms with Crippen molar-refractivity contribution >= 4 is 9.84 Å². The van der Waals surface area contributed by atoms with Crippen molar-refractivity contribution in [1.82, 2.24) is 0 Å². The molecule has 2 atom stereocenters. The average Bonchev–Trinajstić information content (AvgIpc) is 2.20. The molecular formula is C8H18NO3S+. The van der Waals surface area contributed by atoms with Crippen molar-refractivity contribution in [3.8, 4) is 0 Å². The van der Waals surface area contributed by atoms with Crippen LogP contribution in [-0.2, 0) is 9.84 Å². The average molecular weight is 208 g/mol. The highest BCUT2D eigenvalue weighted by Gasteiger charge is 2.38. The third kappa shape index (κ3) is 3.25. The van der Waals surface area contributed by atoms with Crippen molar-refractivity contribution in [3.05, 3.63) is 0 Å². The van der Waals surface area contributed by atoms with Gasteiger partial charge in [-0.3, -0.25) is 0 Å². The molecule has 0 aromatic carbocycles. The van der Waals surface area contributed by atoms with Gasteiger partial charge in [-0.15, -0.1) is 0 Å². The molecule has 1 rings (SSSR count). The highest BCUT2D eigenvalue weighted by atomic mass is 32.2. The molecule has 1 aliphatic heterocycles. The van der Waals surface area contributed by atoms with Crippen LogP contribution >= 0.6 is 0 Å². The van der Waals surface area contributed by atoms with Crippen LogP contribution in [0.15, 0.2) is 0 Å². The van der Waals surface area contributed by atoms with Crippen LogP contribution in [0.1, 0.15) is 13.8 Å². The Morgan fingerprint density at radius 2 is 2.08 bits per heavy atom. The van der Waals surface area contributed by atoms with Crippen molar-refractivity contribution in [2.75, 3.05) is 18.1 Å².